The van der Waals surface area contributed by atoms with E-state index in [-0.39, 0.29) is 18.5 Å². The van der Waals surface area contributed by atoms with Crippen molar-refractivity contribution in [3.8, 4) is 5.88 Å². The van der Waals surface area contributed by atoms with Crippen molar-refractivity contribution in [1.82, 2.24) is 15.3 Å². The van der Waals surface area contributed by atoms with E-state index >= 15 is 0 Å². The van der Waals surface area contributed by atoms with Crippen molar-refractivity contribution in [3.63, 3.8) is 0 Å². The third kappa shape index (κ3) is 6.11. The highest BCUT2D eigenvalue weighted by Crippen LogP contribution is 2.27. The number of alkyl carbamates (subject to hydrolysis) is 1. The fourth-order valence-corrected chi connectivity index (χ4v) is 2.85. The molecule has 2 rings (SSSR count). The minimum absolute atomic E-state index is 0.00874. The quantitative estimate of drug-likeness (QED) is 0.576. The Balaban J connectivity index is 2.06. The molecule has 1 aromatic rings. The zero-order valence-corrected chi connectivity index (χ0v) is 16.3. The third-order valence-electron chi connectivity index (χ3n) is 3.52. The van der Waals surface area contributed by atoms with E-state index < -0.39 is 33.2 Å². The lowest BCUT2D eigenvalue weighted by Gasteiger charge is -2.33. The first-order valence-corrected chi connectivity index (χ1v) is 9.76. The summed E-state index contributed by atoms with van der Waals surface area (Å²) in [6.07, 6.45) is 1.81. The van der Waals surface area contributed by atoms with Gasteiger partial charge in [0.15, 0.2) is 0 Å². The molecule has 28 heavy (non-hydrogen) atoms. The van der Waals surface area contributed by atoms with Crippen LogP contribution in [0.15, 0.2) is 12.3 Å². The van der Waals surface area contributed by atoms with Gasteiger partial charge in [-0.2, -0.15) is 26.6 Å². The first-order valence-electron chi connectivity index (χ1n) is 8.35. The monoisotopic (exact) mass is 426 g/mol. The molecule has 1 saturated heterocycles. The number of halogens is 3. The number of rotatable bonds is 4. The maximum atomic E-state index is 12.4. The Morgan fingerprint density at radius 1 is 1.32 bits per heavy atom. The van der Waals surface area contributed by atoms with Crippen LogP contribution < -0.4 is 14.4 Å². The number of nitrogens with zero attached hydrogens (tertiary/aromatic N) is 3. The van der Waals surface area contributed by atoms with Crippen molar-refractivity contribution >= 4 is 22.2 Å². The summed E-state index contributed by atoms with van der Waals surface area (Å²) in [6.45, 7) is 5.94. The van der Waals surface area contributed by atoms with Gasteiger partial charge in [0.05, 0.1) is 0 Å². The molecular formula is C15H21F3N4O5S. The van der Waals surface area contributed by atoms with Crippen LogP contribution in [0.4, 0.5) is 23.9 Å². The smallest absolute Gasteiger partial charge is 0.444 e. The average molecular weight is 426 g/mol. The van der Waals surface area contributed by atoms with Crippen molar-refractivity contribution in [1.29, 1.82) is 0 Å². The fraction of sp³-hybridized carbons (Fsp3) is 0.667. The van der Waals surface area contributed by atoms with Gasteiger partial charge < -0.3 is 19.1 Å². The number of piperidine rings is 1. The Kier molecular flexibility index (Phi) is 6.26. The molecule has 2 heterocycles. The van der Waals surface area contributed by atoms with Gasteiger partial charge in [-0.1, -0.05) is 0 Å². The highest BCUT2D eigenvalue weighted by molar-refractivity contribution is 7.87. The van der Waals surface area contributed by atoms with Crippen LogP contribution in [0.25, 0.3) is 0 Å². The SMILES string of the molecule is CC(C)(C)OC(=O)NC1CCCN(c2nccc(OS(=O)(=O)C(F)(F)F)n2)C1. The van der Waals surface area contributed by atoms with Crippen molar-refractivity contribution < 1.29 is 35.3 Å². The molecule has 0 aliphatic carbocycles. The molecule has 0 radical (unpaired) electrons. The molecule has 0 aromatic carbocycles. The van der Waals surface area contributed by atoms with E-state index in [1.54, 1.807) is 25.7 Å². The predicted molar refractivity (Wildman–Crippen MR) is 92.2 cm³/mol. The molecule has 0 saturated carbocycles. The second-order valence-electron chi connectivity index (χ2n) is 7.11. The van der Waals surface area contributed by atoms with Crippen LogP contribution in [-0.4, -0.2) is 54.7 Å². The lowest BCUT2D eigenvalue weighted by Crippen LogP contribution is -2.49. The largest absolute Gasteiger partial charge is 0.534 e. The number of anilines is 1. The summed E-state index contributed by atoms with van der Waals surface area (Å²) in [7, 11) is -5.82. The molecule has 1 N–H and O–H groups in total. The van der Waals surface area contributed by atoms with Crippen LogP contribution >= 0.6 is 0 Å². The molecule has 9 nitrogen and oxygen atoms in total. The van der Waals surface area contributed by atoms with Gasteiger partial charge in [0.25, 0.3) is 0 Å². The number of hydrogen-bond donors (Lipinski definition) is 1. The molecule has 1 aliphatic heterocycles. The molecule has 1 aliphatic rings. The second kappa shape index (κ2) is 7.97. The fourth-order valence-electron chi connectivity index (χ4n) is 2.44. The number of hydrogen-bond acceptors (Lipinski definition) is 8. The number of ether oxygens (including phenoxy) is 1. The molecule has 0 bridgehead atoms. The first-order chi connectivity index (χ1) is 12.8. The van der Waals surface area contributed by atoms with Crippen molar-refractivity contribution in [2.45, 2.75) is 50.8 Å². The van der Waals surface area contributed by atoms with Gasteiger partial charge in [0.1, 0.15) is 5.60 Å². The molecule has 13 heteroatoms. The highest BCUT2D eigenvalue weighted by atomic mass is 32.2. The second-order valence-corrected chi connectivity index (χ2v) is 8.65. The lowest BCUT2D eigenvalue weighted by molar-refractivity contribution is -0.0501. The third-order valence-corrected chi connectivity index (χ3v) is 4.48. The summed E-state index contributed by atoms with van der Waals surface area (Å²) >= 11 is 0. The average Bonchev–Trinajstić information content (AvgIpc) is 2.52. The Hall–Kier alpha value is -2.31. The number of carbonyl (C=O) groups excluding carboxylic acids is 1. The van der Waals surface area contributed by atoms with E-state index in [4.69, 9.17) is 4.74 Å². The van der Waals surface area contributed by atoms with Crippen molar-refractivity contribution in [2.75, 3.05) is 18.0 Å². The minimum atomic E-state index is -5.82. The standard InChI is InChI=1S/C15H21F3N4O5S/c1-14(2,3)26-13(23)20-10-5-4-8-22(9-10)12-19-7-6-11(21-12)27-28(24,25)15(16,17)18/h6-7,10H,4-5,8-9H2,1-3H3,(H,20,23). The Bertz CT molecular complexity index is 811. The van der Waals surface area contributed by atoms with Crippen LogP contribution in [0, 0.1) is 0 Å². The van der Waals surface area contributed by atoms with E-state index in [0.29, 0.717) is 19.4 Å². The first kappa shape index (κ1) is 22.0. The Morgan fingerprint density at radius 2 is 2.00 bits per heavy atom. The molecular weight excluding hydrogens is 405 g/mol. The van der Waals surface area contributed by atoms with Crippen LogP contribution in [0.2, 0.25) is 0 Å². The van der Waals surface area contributed by atoms with Gasteiger partial charge in [-0.15, -0.1) is 0 Å². The predicted octanol–water partition coefficient (Wildman–Crippen LogP) is 2.20. The number of aromatic nitrogens is 2. The van der Waals surface area contributed by atoms with E-state index in [0.717, 1.165) is 12.3 Å². The van der Waals surface area contributed by atoms with E-state index in [1.807, 2.05) is 0 Å². The minimum Gasteiger partial charge on any atom is -0.444 e. The Morgan fingerprint density at radius 3 is 2.61 bits per heavy atom. The summed E-state index contributed by atoms with van der Waals surface area (Å²) in [5.74, 6) is -0.755. The summed E-state index contributed by atoms with van der Waals surface area (Å²) in [6, 6.07) is 0.614. The summed E-state index contributed by atoms with van der Waals surface area (Å²) in [5, 5.41) is 2.71. The van der Waals surface area contributed by atoms with Gasteiger partial charge in [-0.05, 0) is 33.6 Å². The van der Waals surface area contributed by atoms with E-state index in [2.05, 4.69) is 19.5 Å². The number of alkyl halides is 3. The van der Waals surface area contributed by atoms with Gasteiger partial charge >= 0.3 is 21.7 Å². The van der Waals surface area contributed by atoms with Gasteiger partial charge in [-0.3, -0.25) is 0 Å². The van der Waals surface area contributed by atoms with Crippen molar-refractivity contribution in [2.24, 2.45) is 0 Å². The maximum absolute atomic E-state index is 12.4. The summed E-state index contributed by atoms with van der Waals surface area (Å²) < 4.78 is 68.8. The van der Waals surface area contributed by atoms with Crippen LogP contribution in [0.1, 0.15) is 33.6 Å². The molecule has 1 fully saturated rings. The lowest BCUT2D eigenvalue weighted by atomic mass is 10.1. The number of nitrogens with one attached hydrogen (secondary N) is 1. The van der Waals surface area contributed by atoms with E-state index in [1.165, 1.54) is 0 Å². The van der Waals surface area contributed by atoms with Crippen LogP contribution in [0.3, 0.4) is 0 Å². The van der Waals surface area contributed by atoms with Crippen LogP contribution in [-0.2, 0) is 14.9 Å². The molecule has 158 valence electrons. The zero-order chi connectivity index (χ0) is 21.2. The summed E-state index contributed by atoms with van der Waals surface area (Å²) in [5.41, 5.74) is -6.22. The van der Waals surface area contributed by atoms with E-state index in [9.17, 15) is 26.4 Å². The normalized spacial score (nSPS) is 18.5. The number of carbonyl (C=O) groups is 1. The number of amides is 1. The molecule has 0 spiro atoms. The zero-order valence-electron chi connectivity index (χ0n) is 15.5. The molecule has 1 unspecified atom stereocenters. The molecule has 1 aromatic heterocycles. The molecule has 1 atom stereocenters. The maximum Gasteiger partial charge on any atom is 0.534 e. The van der Waals surface area contributed by atoms with Gasteiger partial charge in [0.2, 0.25) is 11.8 Å². The van der Waals surface area contributed by atoms with Crippen molar-refractivity contribution in [3.05, 3.63) is 12.3 Å². The highest BCUT2D eigenvalue weighted by Gasteiger charge is 2.49. The van der Waals surface area contributed by atoms with Gasteiger partial charge in [0, 0.05) is 31.4 Å². The van der Waals surface area contributed by atoms with Crippen LogP contribution in [0.5, 0.6) is 5.88 Å². The topological polar surface area (TPSA) is 111 Å². The summed E-state index contributed by atoms with van der Waals surface area (Å²) in [4.78, 5) is 21.2. The van der Waals surface area contributed by atoms with Gasteiger partial charge in [-0.25, -0.2) is 9.78 Å². The Labute approximate surface area is 160 Å². The molecule has 1 amide bonds.